The molecule has 0 spiro atoms. The number of phosphoric acid groups is 1. The van der Waals surface area contributed by atoms with Crippen molar-refractivity contribution in [3.8, 4) is 6.07 Å². The van der Waals surface area contributed by atoms with Gasteiger partial charge in [0, 0.05) is 39.1 Å². The molecular formula is C45H50F3N4Na2O12PSSi. The van der Waals surface area contributed by atoms with E-state index in [1.54, 1.807) is 37.7 Å². The van der Waals surface area contributed by atoms with Crippen LogP contribution in [0.3, 0.4) is 0 Å². The maximum atomic E-state index is 15.7. The molecule has 6 rings (SSSR count). The fourth-order valence-corrected chi connectivity index (χ4v) is 8.81. The molecule has 4 heterocycles. The first-order valence-electron chi connectivity index (χ1n) is 20.6. The zero-order chi connectivity index (χ0) is 49.0. The van der Waals surface area contributed by atoms with E-state index in [1.807, 2.05) is 6.07 Å². The monoisotopic (exact) mass is 1030 g/mol. The number of halogens is 3. The summed E-state index contributed by atoms with van der Waals surface area (Å²) < 4.78 is 94.6. The van der Waals surface area contributed by atoms with Gasteiger partial charge < -0.3 is 51.5 Å². The van der Waals surface area contributed by atoms with Crippen LogP contribution in [0.4, 0.5) is 13.2 Å². The SMILES string of the molecule is CC(C)(C)[Si](C)(C)OCc1cocc1CO.C[C@@H](SC1COC(/C=C/C=C/c2ccc(C#N)cc2F)OC1)[C@@](Cn1cncn1)(OC(=O)c1cocc1COP(=O)([O-])[O-])c1ccc(F)cc1F.[Na+].[Na+]. The molecule has 0 aliphatic carbocycles. The minimum Gasteiger partial charge on any atom is -0.790 e. The summed E-state index contributed by atoms with van der Waals surface area (Å²) in [6.07, 6.45) is 13.3. The smallest absolute Gasteiger partial charge is 0.790 e. The van der Waals surface area contributed by atoms with Gasteiger partial charge in [0.2, 0.25) is 0 Å². The fraction of sp³-hybridized carbons (Fsp3) is 0.378. The number of esters is 1. The minimum atomic E-state index is -5.42. The Hall–Kier alpha value is -3.11. The molecule has 360 valence electrons. The van der Waals surface area contributed by atoms with Crippen LogP contribution < -0.4 is 68.9 Å². The van der Waals surface area contributed by atoms with Gasteiger partial charge in [-0.25, -0.2) is 27.6 Å². The number of allylic oxidation sites excluding steroid dienone is 2. The Morgan fingerprint density at radius 2 is 1.70 bits per heavy atom. The van der Waals surface area contributed by atoms with Crippen LogP contribution in [-0.4, -0.2) is 64.2 Å². The van der Waals surface area contributed by atoms with E-state index >= 15 is 4.39 Å². The van der Waals surface area contributed by atoms with Crippen LogP contribution in [0, 0.1) is 28.8 Å². The molecule has 16 nitrogen and oxygen atoms in total. The molecule has 1 N–H and O–H groups in total. The molecule has 2 aromatic carbocycles. The average Bonchev–Trinajstić information content (AvgIpc) is 4.07. The Labute approximate surface area is 447 Å². The summed E-state index contributed by atoms with van der Waals surface area (Å²) in [6, 6.07) is 8.78. The summed E-state index contributed by atoms with van der Waals surface area (Å²) in [7, 11) is -7.14. The number of nitrogens with zero attached hydrogens (tertiary/aromatic N) is 4. The van der Waals surface area contributed by atoms with Crippen molar-refractivity contribution in [1.29, 1.82) is 5.26 Å². The van der Waals surface area contributed by atoms with Crippen LogP contribution in [0.5, 0.6) is 0 Å². The number of phosphoric ester groups is 1. The van der Waals surface area contributed by atoms with Gasteiger partial charge in [-0.3, -0.25) is 0 Å². The van der Waals surface area contributed by atoms with E-state index in [9.17, 15) is 27.9 Å². The predicted octanol–water partition coefficient (Wildman–Crippen LogP) is 1.69. The number of aliphatic hydroxyl groups is 1. The Kier molecular flexibility index (Phi) is 23.6. The Morgan fingerprint density at radius 1 is 1.01 bits per heavy atom. The van der Waals surface area contributed by atoms with Gasteiger partial charge in [-0.1, -0.05) is 45.1 Å². The van der Waals surface area contributed by atoms with E-state index in [0.717, 1.165) is 41.9 Å². The molecular weight excluding hydrogens is 983 g/mol. The normalized spacial score (nSPS) is 16.7. The molecule has 1 aliphatic rings. The number of carbonyl (C=O) groups is 1. The fourth-order valence-electron chi connectivity index (χ4n) is 6.20. The summed E-state index contributed by atoms with van der Waals surface area (Å²) in [5, 5.41) is 21.1. The molecule has 0 unspecified atom stereocenters. The number of aliphatic hydroxyl groups excluding tert-OH is 1. The minimum absolute atomic E-state index is 0. The number of thioether (sulfide) groups is 1. The maximum Gasteiger partial charge on any atom is 1.00 e. The molecule has 1 aliphatic heterocycles. The number of hydrogen-bond acceptors (Lipinski definition) is 16. The van der Waals surface area contributed by atoms with Crippen LogP contribution >= 0.6 is 19.6 Å². The number of benzene rings is 2. The molecule has 3 aromatic heterocycles. The zero-order valence-corrected chi connectivity index (χ0v) is 46.1. The second-order valence-corrected chi connectivity index (χ2v) is 24.3. The third-order valence-corrected chi connectivity index (χ3v) is 17.4. The van der Waals surface area contributed by atoms with Crippen molar-refractivity contribution in [3.63, 3.8) is 0 Å². The first-order chi connectivity index (χ1) is 31.6. The number of furan rings is 2. The molecule has 2 atom stereocenters. The summed E-state index contributed by atoms with van der Waals surface area (Å²) in [6.45, 7) is 12.4. The standard InChI is InChI=1S/C33H30F3N4O9PS.C12H22O3Si.2Na/c1-21(51-26-15-46-31(47-16-26)5-3-2-4-23-7-6-22(12-37)10-29(23)35)33(18-40-20-38-19-39-40,28-9-8-25(34)11-30(28)36)49-32(41)27-17-45-13-24(27)14-48-50(42,43)44;1-12(2,3)16(4,5)15-9-11-8-14-7-10(11)6-13;;/h2-11,13,17,19-21,26,31H,14-16,18H2,1H3,(H2,42,43,44);7-8,13H,6,9H2,1-5H3;;/q;;2*+1/p-2/b4-2+,5-3+;;;/t21-,26?,31?,33-;;;/m1.../s1. The van der Waals surface area contributed by atoms with Crippen LogP contribution in [0.1, 0.15) is 71.4 Å². The van der Waals surface area contributed by atoms with Crippen LogP contribution in [-0.2, 0) is 59.7 Å². The van der Waals surface area contributed by atoms with Crippen LogP contribution in [0.15, 0.2) is 101 Å². The summed E-state index contributed by atoms with van der Waals surface area (Å²) in [5.74, 6) is -3.55. The number of aromatic nitrogens is 3. The Morgan fingerprint density at radius 3 is 2.30 bits per heavy atom. The largest absolute Gasteiger partial charge is 1.00 e. The van der Waals surface area contributed by atoms with E-state index in [4.69, 9.17) is 37.8 Å². The number of rotatable bonds is 18. The molecule has 0 amide bonds. The summed E-state index contributed by atoms with van der Waals surface area (Å²) in [4.78, 5) is 39.8. The summed E-state index contributed by atoms with van der Waals surface area (Å²) >= 11 is 1.23. The van der Waals surface area contributed by atoms with Crippen molar-refractivity contribution < 1.29 is 129 Å². The third-order valence-electron chi connectivity index (χ3n) is 11.0. The van der Waals surface area contributed by atoms with Gasteiger partial charge in [0.1, 0.15) is 41.9 Å². The van der Waals surface area contributed by atoms with Gasteiger partial charge in [0.05, 0.1) is 83.1 Å². The van der Waals surface area contributed by atoms with Gasteiger partial charge >= 0.3 is 65.1 Å². The molecule has 69 heavy (non-hydrogen) atoms. The first kappa shape index (κ1) is 60.2. The first-order valence-corrected chi connectivity index (χ1v) is 25.9. The van der Waals surface area contributed by atoms with Crippen molar-refractivity contribution in [3.05, 3.63) is 149 Å². The van der Waals surface area contributed by atoms with E-state index < -0.39 is 63.3 Å². The molecule has 1 saturated heterocycles. The van der Waals surface area contributed by atoms with Crippen molar-refractivity contribution in [1.82, 2.24) is 14.8 Å². The zero-order valence-electron chi connectivity index (χ0n) is 39.4. The van der Waals surface area contributed by atoms with E-state index in [1.165, 1.54) is 47.3 Å². The third kappa shape index (κ3) is 17.3. The van der Waals surface area contributed by atoms with E-state index in [2.05, 4.69) is 48.5 Å². The molecule has 24 heteroatoms. The van der Waals surface area contributed by atoms with Gasteiger partial charge in [0.25, 0.3) is 0 Å². The molecule has 0 saturated carbocycles. The van der Waals surface area contributed by atoms with Gasteiger partial charge in [0.15, 0.2) is 20.2 Å². The number of ether oxygens (including phenoxy) is 3. The van der Waals surface area contributed by atoms with Crippen molar-refractivity contribution >= 4 is 39.9 Å². The second kappa shape index (κ2) is 27.1. The quantitative estimate of drug-likeness (QED) is 0.0570. The van der Waals surface area contributed by atoms with E-state index in [0.29, 0.717) is 12.7 Å². The Bertz CT molecular complexity index is 2580. The molecule has 1 fully saturated rings. The number of hydrogen-bond donors (Lipinski definition) is 1. The van der Waals surface area contributed by atoms with Gasteiger partial charge in [-0.05, 0) is 55.4 Å². The van der Waals surface area contributed by atoms with Crippen molar-refractivity contribution in [2.24, 2.45) is 0 Å². The molecule has 0 radical (unpaired) electrons. The van der Waals surface area contributed by atoms with Gasteiger partial charge in [-0.2, -0.15) is 10.4 Å². The molecule has 0 bridgehead atoms. The average molecular weight is 1030 g/mol. The maximum absolute atomic E-state index is 15.7. The van der Waals surface area contributed by atoms with Crippen LogP contribution in [0.25, 0.3) is 6.08 Å². The molecule has 5 aromatic rings. The van der Waals surface area contributed by atoms with E-state index in [-0.39, 0.29) is 124 Å². The predicted molar refractivity (Wildman–Crippen MR) is 237 cm³/mol. The Balaban J connectivity index is 0.000000596. The second-order valence-electron chi connectivity index (χ2n) is 16.7. The van der Waals surface area contributed by atoms with Crippen molar-refractivity contribution in [2.45, 2.75) is 94.6 Å². The number of carbonyl (C=O) groups excluding carboxylic acids is 1. The van der Waals surface area contributed by atoms with Gasteiger partial charge in [-0.15, -0.1) is 11.8 Å². The summed E-state index contributed by atoms with van der Waals surface area (Å²) in [5.41, 5.74) is -0.302. The topological polar surface area (TPSA) is 227 Å². The van der Waals surface area contributed by atoms with Crippen molar-refractivity contribution in [2.75, 3.05) is 13.2 Å². The van der Waals surface area contributed by atoms with Crippen LogP contribution in [0.2, 0.25) is 18.1 Å². The number of nitriles is 1.